The Kier molecular flexibility index (Phi) is 3.21. The second kappa shape index (κ2) is 5.31. The second-order valence-corrected chi connectivity index (χ2v) is 7.95. The maximum atomic E-state index is 13.3. The molecule has 6 heteroatoms. The zero-order valence-electron chi connectivity index (χ0n) is 15.4. The van der Waals surface area contributed by atoms with E-state index in [1.54, 1.807) is 15.9 Å². The third-order valence-corrected chi connectivity index (χ3v) is 6.11. The number of carbonyl (C=O) groups excluding carboxylic acids is 3. The monoisotopic (exact) mass is 363 g/mol. The molecule has 1 aromatic carbocycles. The Hall–Kier alpha value is -2.89. The molecule has 2 fully saturated rings. The molecule has 0 bridgehead atoms. The summed E-state index contributed by atoms with van der Waals surface area (Å²) < 4.78 is 0. The number of hydrogen-bond acceptors (Lipinski definition) is 3. The molecule has 0 aliphatic carbocycles. The number of para-hydroxylation sites is 1. The number of carbonyl (C=O) groups is 3. The summed E-state index contributed by atoms with van der Waals surface area (Å²) in [4.78, 5) is 42.9. The quantitative estimate of drug-likeness (QED) is 0.776. The number of nitrogens with zero attached hydrogens (tertiary/aromatic N) is 2. The van der Waals surface area contributed by atoms with E-state index in [1.807, 2.05) is 44.2 Å². The van der Waals surface area contributed by atoms with Crippen molar-refractivity contribution in [2.24, 2.45) is 0 Å². The fourth-order valence-electron chi connectivity index (χ4n) is 4.98. The SMILES string of the molecule is CC(C)=C[C@H]1N2C(=O)[C@@H]3CCCN3C(=O)C2=C[C@]12C(=O)Nc1ccccc12. The van der Waals surface area contributed by atoms with Crippen LogP contribution in [0.15, 0.2) is 47.7 Å². The molecule has 6 nitrogen and oxygen atoms in total. The first kappa shape index (κ1) is 16.3. The predicted molar refractivity (Wildman–Crippen MR) is 99.6 cm³/mol. The fourth-order valence-corrected chi connectivity index (χ4v) is 4.98. The molecule has 138 valence electrons. The predicted octanol–water partition coefficient (Wildman–Crippen LogP) is 1.94. The van der Waals surface area contributed by atoms with E-state index in [-0.39, 0.29) is 17.7 Å². The Bertz CT molecular complexity index is 959. The first-order valence-corrected chi connectivity index (χ1v) is 9.38. The summed E-state index contributed by atoms with van der Waals surface area (Å²) in [6.07, 6.45) is 5.20. The second-order valence-electron chi connectivity index (χ2n) is 7.95. The minimum absolute atomic E-state index is 0.0742. The molecular formula is C21H21N3O3. The van der Waals surface area contributed by atoms with Gasteiger partial charge in [-0.15, -0.1) is 0 Å². The number of amides is 3. The van der Waals surface area contributed by atoms with Crippen molar-refractivity contribution in [1.29, 1.82) is 0 Å². The lowest BCUT2D eigenvalue weighted by molar-refractivity contribution is -0.149. The van der Waals surface area contributed by atoms with Crippen molar-refractivity contribution < 1.29 is 14.4 Å². The number of fused-ring (bicyclic) bond motifs is 4. The van der Waals surface area contributed by atoms with Crippen LogP contribution in [0.4, 0.5) is 5.69 Å². The van der Waals surface area contributed by atoms with Gasteiger partial charge in [-0.25, -0.2) is 0 Å². The first-order valence-electron chi connectivity index (χ1n) is 9.38. The highest BCUT2D eigenvalue weighted by atomic mass is 16.2. The van der Waals surface area contributed by atoms with E-state index in [0.29, 0.717) is 18.7 Å². The third-order valence-electron chi connectivity index (χ3n) is 6.11. The van der Waals surface area contributed by atoms with Crippen LogP contribution < -0.4 is 5.32 Å². The van der Waals surface area contributed by atoms with Gasteiger partial charge in [-0.3, -0.25) is 19.3 Å². The maximum Gasteiger partial charge on any atom is 0.270 e. The van der Waals surface area contributed by atoms with E-state index < -0.39 is 17.5 Å². The molecule has 5 rings (SSSR count). The topological polar surface area (TPSA) is 69.7 Å². The van der Waals surface area contributed by atoms with Gasteiger partial charge in [-0.1, -0.05) is 29.8 Å². The molecule has 3 atom stereocenters. The van der Waals surface area contributed by atoms with Gasteiger partial charge in [-0.05, 0) is 44.4 Å². The number of benzene rings is 1. The van der Waals surface area contributed by atoms with E-state index in [4.69, 9.17) is 0 Å². The smallest absolute Gasteiger partial charge is 0.270 e. The minimum atomic E-state index is -1.06. The lowest BCUT2D eigenvalue weighted by Crippen LogP contribution is -2.59. The third kappa shape index (κ3) is 1.93. The van der Waals surface area contributed by atoms with E-state index in [9.17, 15) is 14.4 Å². The largest absolute Gasteiger partial charge is 0.325 e. The van der Waals surface area contributed by atoms with E-state index in [0.717, 1.165) is 23.2 Å². The number of hydrogen-bond donors (Lipinski definition) is 1. The first-order chi connectivity index (χ1) is 12.9. The Morgan fingerprint density at radius 3 is 2.78 bits per heavy atom. The van der Waals surface area contributed by atoms with Gasteiger partial charge in [0.25, 0.3) is 11.8 Å². The van der Waals surface area contributed by atoms with Gasteiger partial charge in [-0.2, -0.15) is 0 Å². The van der Waals surface area contributed by atoms with Crippen LogP contribution in [-0.2, 0) is 19.8 Å². The lowest BCUT2D eigenvalue weighted by Gasteiger charge is -2.40. The van der Waals surface area contributed by atoms with Crippen LogP contribution >= 0.6 is 0 Å². The number of rotatable bonds is 1. The average Bonchev–Trinajstić information content (AvgIpc) is 3.31. The molecule has 3 amide bonds. The Balaban J connectivity index is 1.76. The molecule has 2 saturated heterocycles. The van der Waals surface area contributed by atoms with Crippen molar-refractivity contribution in [1.82, 2.24) is 9.80 Å². The standard InChI is InChI=1S/C21H21N3O3/c1-12(2)10-17-21(13-6-3-4-7-14(13)22-20(21)27)11-16-18(25)23-9-5-8-15(23)19(26)24(16)17/h3-4,6-7,10-11,15,17H,5,8-9H2,1-2H3,(H,22,27)/t15-,17+,21+/m0/s1. The normalized spacial score (nSPS) is 30.9. The minimum Gasteiger partial charge on any atom is -0.325 e. The zero-order chi connectivity index (χ0) is 18.9. The Labute approximate surface area is 157 Å². The van der Waals surface area contributed by atoms with E-state index in [1.165, 1.54) is 0 Å². The number of nitrogens with one attached hydrogen (secondary N) is 1. The van der Waals surface area contributed by atoms with Gasteiger partial charge in [0.05, 0.1) is 6.04 Å². The summed E-state index contributed by atoms with van der Waals surface area (Å²) in [5.41, 5.74) is 1.84. The Morgan fingerprint density at radius 2 is 2.00 bits per heavy atom. The summed E-state index contributed by atoms with van der Waals surface area (Å²) in [6.45, 7) is 4.49. The van der Waals surface area contributed by atoms with Crippen molar-refractivity contribution >= 4 is 23.4 Å². The van der Waals surface area contributed by atoms with E-state index in [2.05, 4.69) is 5.32 Å². The molecule has 1 aromatic rings. The molecule has 4 aliphatic rings. The molecule has 0 aromatic heterocycles. The van der Waals surface area contributed by atoms with Crippen molar-refractivity contribution in [2.45, 2.75) is 44.2 Å². The maximum absolute atomic E-state index is 13.3. The highest BCUT2D eigenvalue weighted by Gasteiger charge is 2.62. The van der Waals surface area contributed by atoms with Gasteiger partial charge in [0.1, 0.15) is 17.2 Å². The van der Waals surface area contributed by atoms with Crippen LogP contribution in [0, 0.1) is 0 Å². The van der Waals surface area contributed by atoms with Crippen LogP contribution in [0.2, 0.25) is 0 Å². The molecule has 1 N–H and O–H groups in total. The highest BCUT2D eigenvalue weighted by Crippen LogP contribution is 2.51. The summed E-state index contributed by atoms with van der Waals surface area (Å²) in [6, 6.07) is 6.59. The van der Waals surface area contributed by atoms with Crippen LogP contribution in [0.3, 0.4) is 0 Å². The molecule has 0 unspecified atom stereocenters. The van der Waals surface area contributed by atoms with Gasteiger partial charge in [0.15, 0.2) is 0 Å². The number of allylic oxidation sites excluding steroid dienone is 1. The van der Waals surface area contributed by atoms with Crippen LogP contribution in [0.1, 0.15) is 32.3 Å². The van der Waals surface area contributed by atoms with Crippen molar-refractivity contribution in [2.75, 3.05) is 11.9 Å². The van der Waals surface area contributed by atoms with Gasteiger partial charge in [0.2, 0.25) is 5.91 Å². The van der Waals surface area contributed by atoms with Crippen molar-refractivity contribution in [3.05, 3.63) is 53.3 Å². The molecule has 1 spiro atoms. The molecular weight excluding hydrogens is 342 g/mol. The highest BCUT2D eigenvalue weighted by molar-refractivity contribution is 6.14. The summed E-state index contributed by atoms with van der Waals surface area (Å²) in [5, 5.41) is 2.95. The van der Waals surface area contributed by atoms with Gasteiger partial charge < -0.3 is 10.2 Å². The lowest BCUT2D eigenvalue weighted by atomic mass is 9.75. The van der Waals surface area contributed by atoms with Gasteiger partial charge in [0, 0.05) is 12.2 Å². The van der Waals surface area contributed by atoms with Crippen molar-refractivity contribution in [3.8, 4) is 0 Å². The summed E-state index contributed by atoms with van der Waals surface area (Å²) in [5.74, 6) is -0.401. The van der Waals surface area contributed by atoms with E-state index >= 15 is 0 Å². The zero-order valence-corrected chi connectivity index (χ0v) is 15.4. The average molecular weight is 363 g/mol. The molecule has 27 heavy (non-hydrogen) atoms. The Morgan fingerprint density at radius 1 is 1.22 bits per heavy atom. The molecule has 4 heterocycles. The van der Waals surface area contributed by atoms with Crippen molar-refractivity contribution in [3.63, 3.8) is 0 Å². The summed E-state index contributed by atoms with van der Waals surface area (Å²) in [7, 11) is 0. The van der Waals surface area contributed by atoms with Crippen LogP contribution in [0.5, 0.6) is 0 Å². The van der Waals surface area contributed by atoms with Crippen LogP contribution in [-0.4, -0.2) is 46.1 Å². The fraction of sp³-hybridized carbons (Fsp3) is 0.381. The molecule has 0 radical (unpaired) electrons. The van der Waals surface area contributed by atoms with Gasteiger partial charge >= 0.3 is 0 Å². The number of anilines is 1. The number of piperazine rings is 1. The summed E-state index contributed by atoms with van der Waals surface area (Å²) >= 11 is 0. The molecule has 0 saturated carbocycles. The van der Waals surface area contributed by atoms with Crippen LogP contribution in [0.25, 0.3) is 0 Å². The molecule has 4 aliphatic heterocycles.